The van der Waals surface area contributed by atoms with Gasteiger partial charge in [0.15, 0.2) is 0 Å². The first-order chi connectivity index (χ1) is 10.1. The molecule has 0 saturated heterocycles. The van der Waals surface area contributed by atoms with Gasteiger partial charge < -0.3 is 10.6 Å². The number of aromatic nitrogens is 2. The van der Waals surface area contributed by atoms with Gasteiger partial charge in [-0.15, -0.1) is 0 Å². The maximum absolute atomic E-state index is 4.42. The Morgan fingerprint density at radius 1 is 1.05 bits per heavy atom. The second kappa shape index (κ2) is 6.89. The monoisotopic (exact) mass is 348 g/mol. The van der Waals surface area contributed by atoms with Crippen molar-refractivity contribution >= 4 is 33.3 Å². The van der Waals surface area contributed by atoms with E-state index < -0.39 is 0 Å². The number of nitrogens with one attached hydrogen (secondary N) is 2. The summed E-state index contributed by atoms with van der Waals surface area (Å²) in [6, 6.07) is 4.21. The van der Waals surface area contributed by atoms with Crippen molar-refractivity contribution in [3.63, 3.8) is 0 Å². The van der Waals surface area contributed by atoms with Gasteiger partial charge >= 0.3 is 0 Å². The Morgan fingerprint density at radius 2 is 1.67 bits per heavy atom. The van der Waals surface area contributed by atoms with Gasteiger partial charge in [0.2, 0.25) is 0 Å². The van der Waals surface area contributed by atoms with Gasteiger partial charge in [0.25, 0.3) is 0 Å². The van der Waals surface area contributed by atoms with E-state index in [1.54, 1.807) is 6.33 Å². The molecule has 0 aliphatic carbocycles. The van der Waals surface area contributed by atoms with Crippen molar-refractivity contribution in [1.82, 2.24) is 9.97 Å². The molecule has 0 spiro atoms. The molecule has 2 rings (SSSR count). The summed E-state index contributed by atoms with van der Waals surface area (Å²) in [6.07, 6.45) is 2.48. The van der Waals surface area contributed by atoms with Gasteiger partial charge in [-0.25, -0.2) is 9.97 Å². The highest BCUT2D eigenvalue weighted by molar-refractivity contribution is 9.10. The van der Waals surface area contributed by atoms with Crippen LogP contribution < -0.4 is 10.6 Å². The number of aryl methyl sites for hydroxylation is 2. The van der Waals surface area contributed by atoms with Crippen LogP contribution in [0.1, 0.15) is 30.5 Å². The lowest BCUT2D eigenvalue weighted by molar-refractivity contribution is 1.03. The van der Waals surface area contributed by atoms with Crippen molar-refractivity contribution < 1.29 is 0 Å². The van der Waals surface area contributed by atoms with Crippen LogP contribution in [0.3, 0.4) is 0 Å². The van der Waals surface area contributed by atoms with Crippen LogP contribution in [0.2, 0.25) is 0 Å². The third-order valence-corrected chi connectivity index (χ3v) is 3.84. The van der Waals surface area contributed by atoms with Crippen molar-refractivity contribution in [2.45, 2.75) is 34.1 Å². The number of hydrogen-bond donors (Lipinski definition) is 2. The van der Waals surface area contributed by atoms with E-state index in [1.165, 1.54) is 11.1 Å². The molecular weight excluding hydrogens is 328 g/mol. The molecule has 2 N–H and O–H groups in total. The highest BCUT2D eigenvalue weighted by Crippen LogP contribution is 2.30. The zero-order chi connectivity index (χ0) is 15.4. The smallest absolute Gasteiger partial charge is 0.139 e. The van der Waals surface area contributed by atoms with Crippen molar-refractivity contribution in [2.24, 2.45) is 0 Å². The lowest BCUT2D eigenvalue weighted by Crippen LogP contribution is -2.08. The van der Waals surface area contributed by atoms with E-state index in [4.69, 9.17) is 0 Å². The van der Waals surface area contributed by atoms with Crippen LogP contribution in [-0.2, 0) is 6.42 Å². The number of anilines is 3. The van der Waals surface area contributed by atoms with Gasteiger partial charge in [-0.05, 0) is 50.5 Å². The molecule has 0 saturated carbocycles. The molecule has 0 aliphatic rings. The van der Waals surface area contributed by atoms with Crippen molar-refractivity contribution in [3.05, 3.63) is 39.6 Å². The van der Waals surface area contributed by atoms with E-state index in [0.29, 0.717) is 0 Å². The van der Waals surface area contributed by atoms with Gasteiger partial charge in [-0.3, -0.25) is 0 Å². The van der Waals surface area contributed by atoms with Crippen molar-refractivity contribution in [2.75, 3.05) is 17.2 Å². The highest BCUT2D eigenvalue weighted by atomic mass is 79.9. The Morgan fingerprint density at radius 3 is 2.24 bits per heavy atom. The normalized spacial score (nSPS) is 10.5. The lowest BCUT2D eigenvalue weighted by Gasteiger charge is -2.17. The molecule has 5 heteroatoms. The van der Waals surface area contributed by atoms with E-state index in [0.717, 1.165) is 40.3 Å². The fourth-order valence-corrected chi connectivity index (χ4v) is 3.09. The SMILES string of the molecule is CCNc1ncnc(Nc2c(C)cc(Br)cc2C)c1CC. The molecule has 0 fully saturated rings. The van der Waals surface area contributed by atoms with Crippen molar-refractivity contribution in [1.29, 1.82) is 0 Å². The van der Waals surface area contributed by atoms with Crippen LogP contribution in [0, 0.1) is 13.8 Å². The third-order valence-electron chi connectivity index (χ3n) is 3.38. The van der Waals surface area contributed by atoms with Crippen LogP contribution in [0.15, 0.2) is 22.9 Å². The fourth-order valence-electron chi connectivity index (χ4n) is 2.40. The second-order valence-corrected chi connectivity index (χ2v) is 5.89. The molecule has 1 heterocycles. The molecule has 0 aliphatic heterocycles. The maximum Gasteiger partial charge on any atom is 0.139 e. The largest absolute Gasteiger partial charge is 0.370 e. The van der Waals surface area contributed by atoms with Gasteiger partial charge in [-0.1, -0.05) is 22.9 Å². The summed E-state index contributed by atoms with van der Waals surface area (Å²) in [6.45, 7) is 9.22. The van der Waals surface area contributed by atoms with Gasteiger partial charge in [0.05, 0.1) is 0 Å². The van der Waals surface area contributed by atoms with Gasteiger partial charge in [-0.2, -0.15) is 0 Å². The summed E-state index contributed by atoms with van der Waals surface area (Å²) in [7, 11) is 0. The van der Waals surface area contributed by atoms with Crippen LogP contribution in [0.4, 0.5) is 17.3 Å². The number of benzene rings is 1. The van der Waals surface area contributed by atoms with E-state index in [9.17, 15) is 0 Å². The highest BCUT2D eigenvalue weighted by Gasteiger charge is 2.12. The Hall–Kier alpha value is -1.62. The number of halogens is 1. The Labute approximate surface area is 134 Å². The minimum atomic E-state index is 0.847. The van der Waals surface area contributed by atoms with Crippen LogP contribution in [0.5, 0.6) is 0 Å². The number of rotatable bonds is 5. The van der Waals surface area contributed by atoms with E-state index in [2.05, 4.69) is 76.4 Å². The molecule has 21 heavy (non-hydrogen) atoms. The summed E-state index contributed by atoms with van der Waals surface area (Å²) < 4.78 is 1.09. The standard InChI is InChI=1S/C16H21BrN4/c1-5-13-15(18-6-2)19-9-20-16(13)21-14-10(3)7-12(17)8-11(14)4/h7-9H,5-6H2,1-4H3,(H2,18,19,20,21). The van der Waals surface area contributed by atoms with Gasteiger partial charge in [0.1, 0.15) is 18.0 Å². The predicted octanol–water partition coefficient (Wildman–Crippen LogP) is 4.59. The second-order valence-electron chi connectivity index (χ2n) is 4.97. The summed E-state index contributed by atoms with van der Waals surface area (Å²) in [5.74, 6) is 1.78. The van der Waals surface area contributed by atoms with Crippen LogP contribution in [0.25, 0.3) is 0 Å². The first kappa shape index (κ1) is 15.8. The lowest BCUT2D eigenvalue weighted by atomic mass is 10.1. The summed E-state index contributed by atoms with van der Waals surface area (Å²) in [5, 5.41) is 6.77. The first-order valence-electron chi connectivity index (χ1n) is 7.18. The van der Waals surface area contributed by atoms with E-state index in [1.807, 2.05) is 0 Å². The molecule has 0 radical (unpaired) electrons. The predicted molar refractivity (Wildman–Crippen MR) is 92.5 cm³/mol. The molecule has 2 aromatic rings. The minimum Gasteiger partial charge on any atom is -0.370 e. The average molecular weight is 349 g/mol. The van der Waals surface area contributed by atoms with Gasteiger partial charge in [0, 0.05) is 22.3 Å². The molecule has 4 nitrogen and oxygen atoms in total. The summed E-state index contributed by atoms with van der Waals surface area (Å²) >= 11 is 3.53. The molecule has 0 unspecified atom stereocenters. The zero-order valence-electron chi connectivity index (χ0n) is 12.9. The molecule has 1 aromatic carbocycles. The first-order valence-corrected chi connectivity index (χ1v) is 7.97. The van der Waals surface area contributed by atoms with Crippen molar-refractivity contribution in [3.8, 4) is 0 Å². The fraction of sp³-hybridized carbons (Fsp3) is 0.375. The van der Waals surface area contributed by atoms with Crippen LogP contribution >= 0.6 is 15.9 Å². The molecule has 0 amide bonds. The topological polar surface area (TPSA) is 49.8 Å². The van der Waals surface area contributed by atoms with Crippen LogP contribution in [-0.4, -0.2) is 16.5 Å². The molecular formula is C16H21BrN4. The molecule has 0 atom stereocenters. The Kier molecular flexibility index (Phi) is 5.17. The Bertz CT molecular complexity index is 617. The molecule has 1 aromatic heterocycles. The minimum absolute atomic E-state index is 0.847. The molecule has 0 bridgehead atoms. The third kappa shape index (κ3) is 3.53. The maximum atomic E-state index is 4.42. The zero-order valence-corrected chi connectivity index (χ0v) is 14.5. The quantitative estimate of drug-likeness (QED) is 0.829. The summed E-state index contributed by atoms with van der Waals surface area (Å²) in [4.78, 5) is 8.75. The van der Waals surface area contributed by atoms with E-state index in [-0.39, 0.29) is 0 Å². The Balaban J connectivity index is 2.42. The average Bonchev–Trinajstić information content (AvgIpc) is 2.43. The molecule has 112 valence electrons. The number of nitrogens with zero attached hydrogens (tertiary/aromatic N) is 2. The summed E-state index contributed by atoms with van der Waals surface area (Å²) in [5.41, 5.74) is 4.59. The number of hydrogen-bond acceptors (Lipinski definition) is 4. The van der Waals surface area contributed by atoms with E-state index >= 15 is 0 Å².